The molecule has 0 fully saturated rings. The Morgan fingerprint density at radius 1 is 1.15 bits per heavy atom. The number of hydrogen-bond acceptors (Lipinski definition) is 3. The summed E-state index contributed by atoms with van der Waals surface area (Å²) in [4.78, 5) is 6.72. The molecule has 20 heavy (non-hydrogen) atoms. The molecule has 1 heterocycles. The van der Waals surface area contributed by atoms with Crippen LogP contribution in [0, 0.1) is 6.92 Å². The van der Waals surface area contributed by atoms with Crippen LogP contribution in [0.4, 0.5) is 0 Å². The molecule has 1 aromatic heterocycles. The molecular weight excluding hydrogens is 246 g/mol. The molecule has 2 atom stereocenters. The lowest BCUT2D eigenvalue weighted by Crippen LogP contribution is -2.37. The van der Waals surface area contributed by atoms with E-state index in [-0.39, 0.29) is 12.1 Å². The first-order chi connectivity index (χ1) is 9.58. The third-order valence-corrected chi connectivity index (χ3v) is 3.52. The van der Waals surface area contributed by atoms with Gasteiger partial charge in [0.2, 0.25) is 0 Å². The van der Waals surface area contributed by atoms with Crippen LogP contribution in [0.3, 0.4) is 0 Å². The maximum absolute atomic E-state index is 6.17. The summed E-state index contributed by atoms with van der Waals surface area (Å²) in [6.07, 6.45) is 1.82. The Morgan fingerprint density at radius 3 is 2.40 bits per heavy atom. The molecule has 1 aromatic carbocycles. The Morgan fingerprint density at radius 2 is 1.85 bits per heavy atom. The molecule has 0 saturated heterocycles. The van der Waals surface area contributed by atoms with Crippen LogP contribution in [0.5, 0.6) is 0 Å². The maximum atomic E-state index is 6.17. The van der Waals surface area contributed by atoms with E-state index in [2.05, 4.69) is 48.1 Å². The molecular formula is C17H23N3. The fourth-order valence-electron chi connectivity index (χ4n) is 2.53. The molecule has 2 unspecified atom stereocenters. The second kappa shape index (κ2) is 6.64. The Bertz CT molecular complexity index is 520. The number of likely N-dealkylation sites (N-methyl/N-ethyl adjacent to an activating group) is 1. The summed E-state index contributed by atoms with van der Waals surface area (Å²) in [5.41, 5.74) is 9.76. The molecule has 0 spiro atoms. The van der Waals surface area contributed by atoms with Gasteiger partial charge in [0.15, 0.2) is 0 Å². The van der Waals surface area contributed by atoms with E-state index < -0.39 is 0 Å². The Hall–Kier alpha value is -1.71. The number of rotatable bonds is 5. The SMILES string of the molecule is Cc1ccc(CN(C)C(c2ccccn2)C(C)N)cc1. The van der Waals surface area contributed by atoms with Crippen LogP contribution < -0.4 is 5.73 Å². The van der Waals surface area contributed by atoms with Crippen LogP contribution >= 0.6 is 0 Å². The maximum Gasteiger partial charge on any atom is 0.0671 e. The summed E-state index contributed by atoms with van der Waals surface area (Å²) >= 11 is 0. The van der Waals surface area contributed by atoms with Gasteiger partial charge in [-0.1, -0.05) is 35.9 Å². The third kappa shape index (κ3) is 3.65. The van der Waals surface area contributed by atoms with Crippen LogP contribution in [-0.4, -0.2) is 23.0 Å². The molecule has 2 N–H and O–H groups in total. The van der Waals surface area contributed by atoms with Crippen LogP contribution in [0.15, 0.2) is 48.7 Å². The van der Waals surface area contributed by atoms with Crippen molar-refractivity contribution in [2.75, 3.05) is 7.05 Å². The van der Waals surface area contributed by atoms with E-state index in [9.17, 15) is 0 Å². The Balaban J connectivity index is 2.15. The summed E-state index contributed by atoms with van der Waals surface area (Å²) in [5, 5.41) is 0. The van der Waals surface area contributed by atoms with Gasteiger partial charge in [-0.2, -0.15) is 0 Å². The monoisotopic (exact) mass is 269 g/mol. The molecule has 0 aliphatic rings. The van der Waals surface area contributed by atoms with Gasteiger partial charge in [0.25, 0.3) is 0 Å². The fourth-order valence-corrected chi connectivity index (χ4v) is 2.53. The van der Waals surface area contributed by atoms with Gasteiger partial charge in [-0.05, 0) is 38.6 Å². The van der Waals surface area contributed by atoms with Gasteiger partial charge in [0.05, 0.1) is 11.7 Å². The van der Waals surface area contributed by atoms with Crippen molar-refractivity contribution in [1.29, 1.82) is 0 Å². The standard InChI is InChI=1S/C17H23N3/c1-13-7-9-15(10-8-13)12-20(3)17(14(2)18)16-6-4-5-11-19-16/h4-11,14,17H,12,18H2,1-3H3. The molecule has 106 valence electrons. The first-order valence-electron chi connectivity index (χ1n) is 7.00. The van der Waals surface area contributed by atoms with Crippen molar-refractivity contribution in [2.45, 2.75) is 32.5 Å². The molecule has 0 bridgehead atoms. The summed E-state index contributed by atoms with van der Waals surface area (Å²) in [6.45, 7) is 5.00. The van der Waals surface area contributed by atoms with Crippen molar-refractivity contribution in [3.05, 3.63) is 65.5 Å². The second-order valence-corrected chi connectivity index (χ2v) is 5.46. The zero-order valence-electron chi connectivity index (χ0n) is 12.5. The highest BCUT2D eigenvalue weighted by atomic mass is 15.2. The van der Waals surface area contributed by atoms with E-state index >= 15 is 0 Å². The highest BCUT2D eigenvalue weighted by Gasteiger charge is 2.22. The number of benzene rings is 1. The van der Waals surface area contributed by atoms with Gasteiger partial charge >= 0.3 is 0 Å². The molecule has 0 aliphatic carbocycles. The van der Waals surface area contributed by atoms with E-state index in [1.807, 2.05) is 31.3 Å². The highest BCUT2D eigenvalue weighted by Crippen LogP contribution is 2.22. The minimum atomic E-state index is 0.0281. The van der Waals surface area contributed by atoms with Gasteiger partial charge in [-0.3, -0.25) is 9.88 Å². The smallest absolute Gasteiger partial charge is 0.0671 e. The largest absolute Gasteiger partial charge is 0.326 e. The average Bonchev–Trinajstić information content (AvgIpc) is 2.42. The molecule has 2 rings (SSSR count). The lowest BCUT2D eigenvalue weighted by molar-refractivity contribution is 0.206. The van der Waals surface area contributed by atoms with Crippen molar-refractivity contribution in [1.82, 2.24) is 9.88 Å². The van der Waals surface area contributed by atoms with Crippen LogP contribution in [0.2, 0.25) is 0 Å². The number of nitrogens with zero attached hydrogens (tertiary/aromatic N) is 2. The van der Waals surface area contributed by atoms with Gasteiger partial charge in [0.1, 0.15) is 0 Å². The highest BCUT2D eigenvalue weighted by molar-refractivity contribution is 5.21. The quantitative estimate of drug-likeness (QED) is 0.907. The van der Waals surface area contributed by atoms with Crippen LogP contribution in [0.1, 0.15) is 29.8 Å². The van der Waals surface area contributed by atoms with Crippen molar-refractivity contribution in [3.63, 3.8) is 0 Å². The Labute approximate surface area is 121 Å². The zero-order chi connectivity index (χ0) is 14.5. The van der Waals surface area contributed by atoms with Crippen molar-refractivity contribution in [2.24, 2.45) is 5.73 Å². The van der Waals surface area contributed by atoms with Crippen LogP contribution in [-0.2, 0) is 6.54 Å². The summed E-state index contributed by atoms with van der Waals surface area (Å²) in [5.74, 6) is 0. The minimum Gasteiger partial charge on any atom is -0.326 e. The van der Waals surface area contributed by atoms with Crippen molar-refractivity contribution < 1.29 is 0 Å². The van der Waals surface area contributed by atoms with E-state index in [0.29, 0.717) is 0 Å². The van der Waals surface area contributed by atoms with Gasteiger partial charge in [-0.15, -0.1) is 0 Å². The lowest BCUT2D eigenvalue weighted by Gasteiger charge is -2.30. The van der Waals surface area contributed by atoms with Gasteiger partial charge < -0.3 is 5.73 Å². The predicted octanol–water partition coefficient (Wildman–Crippen LogP) is 2.91. The summed E-state index contributed by atoms with van der Waals surface area (Å²) in [6, 6.07) is 14.8. The van der Waals surface area contributed by atoms with E-state index in [1.54, 1.807) is 0 Å². The summed E-state index contributed by atoms with van der Waals surface area (Å²) in [7, 11) is 2.10. The number of aryl methyl sites for hydroxylation is 1. The second-order valence-electron chi connectivity index (χ2n) is 5.46. The number of nitrogens with two attached hydrogens (primary N) is 1. The van der Waals surface area contributed by atoms with Gasteiger partial charge in [0, 0.05) is 18.8 Å². The van der Waals surface area contributed by atoms with Crippen LogP contribution in [0.25, 0.3) is 0 Å². The molecule has 2 aromatic rings. The van der Waals surface area contributed by atoms with Crippen molar-refractivity contribution >= 4 is 0 Å². The van der Waals surface area contributed by atoms with E-state index in [0.717, 1.165) is 12.2 Å². The normalized spacial score (nSPS) is 14.2. The fraction of sp³-hybridized carbons (Fsp3) is 0.353. The predicted molar refractivity (Wildman–Crippen MR) is 83.3 cm³/mol. The molecule has 0 amide bonds. The zero-order valence-corrected chi connectivity index (χ0v) is 12.5. The molecule has 0 saturated carbocycles. The van der Waals surface area contributed by atoms with E-state index in [1.165, 1.54) is 11.1 Å². The minimum absolute atomic E-state index is 0.0281. The first kappa shape index (κ1) is 14.7. The Kier molecular flexibility index (Phi) is 4.88. The topological polar surface area (TPSA) is 42.2 Å². The van der Waals surface area contributed by atoms with E-state index in [4.69, 9.17) is 5.73 Å². The average molecular weight is 269 g/mol. The van der Waals surface area contributed by atoms with Crippen molar-refractivity contribution in [3.8, 4) is 0 Å². The molecule has 3 heteroatoms. The first-order valence-corrected chi connectivity index (χ1v) is 7.00. The third-order valence-electron chi connectivity index (χ3n) is 3.52. The number of hydrogen-bond donors (Lipinski definition) is 1. The molecule has 0 radical (unpaired) electrons. The number of aromatic nitrogens is 1. The lowest BCUT2D eigenvalue weighted by atomic mass is 10.0. The van der Waals surface area contributed by atoms with Gasteiger partial charge in [-0.25, -0.2) is 0 Å². The summed E-state index contributed by atoms with van der Waals surface area (Å²) < 4.78 is 0. The molecule has 0 aliphatic heterocycles. The number of pyridine rings is 1. The molecule has 3 nitrogen and oxygen atoms in total.